The zero-order valence-corrected chi connectivity index (χ0v) is 13.0. The fourth-order valence-electron chi connectivity index (χ4n) is 3.18. The second-order valence-corrected chi connectivity index (χ2v) is 6.87. The van der Waals surface area contributed by atoms with E-state index >= 15 is 0 Å². The van der Waals surface area contributed by atoms with E-state index in [1.807, 2.05) is 0 Å². The summed E-state index contributed by atoms with van der Waals surface area (Å²) in [7, 11) is 0. The van der Waals surface area contributed by atoms with Crippen LogP contribution in [-0.4, -0.2) is 25.3 Å². The summed E-state index contributed by atoms with van der Waals surface area (Å²) in [5, 5.41) is 3.71. The summed E-state index contributed by atoms with van der Waals surface area (Å²) in [6, 6.07) is 9.44. The molecule has 2 fully saturated rings. The largest absolute Gasteiger partial charge is 0.378 e. The van der Waals surface area contributed by atoms with Gasteiger partial charge in [-0.1, -0.05) is 28.1 Å². The van der Waals surface area contributed by atoms with E-state index in [4.69, 9.17) is 4.74 Å². The third kappa shape index (κ3) is 3.21. The molecule has 1 saturated heterocycles. The van der Waals surface area contributed by atoms with Crippen molar-refractivity contribution in [1.29, 1.82) is 0 Å². The lowest BCUT2D eigenvalue weighted by Crippen LogP contribution is -2.43. The van der Waals surface area contributed by atoms with Crippen LogP contribution in [0, 0.1) is 5.92 Å². The molecule has 0 radical (unpaired) electrons. The normalized spacial score (nSPS) is 34.2. The molecule has 104 valence electrons. The first-order chi connectivity index (χ1) is 9.22. The van der Waals surface area contributed by atoms with Gasteiger partial charge in [-0.25, -0.2) is 0 Å². The second kappa shape index (κ2) is 5.94. The van der Waals surface area contributed by atoms with Crippen molar-refractivity contribution in [3.8, 4) is 0 Å². The SMILES string of the molecule is CC1OCCC1CNC1CC(c2cccc(Br)c2)C1. The monoisotopic (exact) mass is 323 g/mol. The van der Waals surface area contributed by atoms with E-state index < -0.39 is 0 Å². The van der Waals surface area contributed by atoms with Crippen molar-refractivity contribution in [3.63, 3.8) is 0 Å². The highest BCUT2D eigenvalue weighted by Gasteiger charge is 2.31. The van der Waals surface area contributed by atoms with Crippen LogP contribution in [0.2, 0.25) is 0 Å². The van der Waals surface area contributed by atoms with Crippen LogP contribution in [0.5, 0.6) is 0 Å². The molecule has 1 aromatic rings. The fourth-order valence-corrected chi connectivity index (χ4v) is 3.60. The van der Waals surface area contributed by atoms with E-state index in [-0.39, 0.29) is 0 Å². The van der Waals surface area contributed by atoms with Crippen molar-refractivity contribution in [2.75, 3.05) is 13.2 Å². The van der Waals surface area contributed by atoms with Gasteiger partial charge in [0.2, 0.25) is 0 Å². The van der Waals surface area contributed by atoms with Gasteiger partial charge < -0.3 is 10.1 Å². The first-order valence-electron chi connectivity index (χ1n) is 7.33. The average molecular weight is 324 g/mol. The maximum absolute atomic E-state index is 5.61. The average Bonchev–Trinajstić information content (AvgIpc) is 2.73. The lowest BCUT2D eigenvalue weighted by atomic mass is 9.75. The van der Waals surface area contributed by atoms with Gasteiger partial charge in [0, 0.05) is 23.7 Å². The minimum absolute atomic E-state index is 0.438. The summed E-state index contributed by atoms with van der Waals surface area (Å²) in [5.74, 6) is 1.46. The van der Waals surface area contributed by atoms with Gasteiger partial charge in [-0.2, -0.15) is 0 Å². The molecular weight excluding hydrogens is 302 g/mol. The molecule has 0 amide bonds. The molecule has 0 bridgehead atoms. The highest BCUT2D eigenvalue weighted by molar-refractivity contribution is 9.10. The van der Waals surface area contributed by atoms with Gasteiger partial charge >= 0.3 is 0 Å². The van der Waals surface area contributed by atoms with E-state index in [1.54, 1.807) is 0 Å². The van der Waals surface area contributed by atoms with E-state index in [0.29, 0.717) is 18.1 Å². The van der Waals surface area contributed by atoms with Gasteiger partial charge in [0.1, 0.15) is 0 Å². The topological polar surface area (TPSA) is 21.3 Å². The van der Waals surface area contributed by atoms with Crippen LogP contribution in [0.1, 0.15) is 37.7 Å². The van der Waals surface area contributed by atoms with Crippen LogP contribution in [0.25, 0.3) is 0 Å². The second-order valence-electron chi connectivity index (χ2n) is 5.95. The van der Waals surface area contributed by atoms with E-state index in [1.165, 1.54) is 29.3 Å². The molecule has 1 saturated carbocycles. The predicted molar refractivity (Wildman–Crippen MR) is 81.4 cm³/mol. The molecule has 1 N–H and O–H groups in total. The number of benzene rings is 1. The van der Waals surface area contributed by atoms with Crippen LogP contribution in [0.3, 0.4) is 0 Å². The standard InChI is InChI=1S/C16H22BrNO/c1-11-13(5-6-19-11)10-18-16-8-14(9-16)12-3-2-4-15(17)7-12/h2-4,7,11,13-14,16,18H,5-6,8-10H2,1H3. The molecule has 2 atom stereocenters. The third-order valence-corrected chi connectivity index (χ3v) is 5.15. The molecule has 2 unspecified atom stereocenters. The molecular formula is C16H22BrNO. The minimum Gasteiger partial charge on any atom is -0.378 e. The summed E-state index contributed by atoms with van der Waals surface area (Å²) in [6.45, 7) is 4.26. The zero-order valence-electron chi connectivity index (χ0n) is 11.4. The molecule has 2 nitrogen and oxygen atoms in total. The maximum atomic E-state index is 5.61. The summed E-state index contributed by atoms with van der Waals surface area (Å²) < 4.78 is 6.80. The number of rotatable bonds is 4. The molecule has 19 heavy (non-hydrogen) atoms. The van der Waals surface area contributed by atoms with Gasteiger partial charge in [0.05, 0.1) is 6.10 Å². The molecule has 1 aliphatic heterocycles. The quantitative estimate of drug-likeness (QED) is 0.912. The van der Waals surface area contributed by atoms with Gasteiger partial charge in [-0.05, 0) is 55.7 Å². The Labute approximate surface area is 124 Å². The van der Waals surface area contributed by atoms with Crippen LogP contribution < -0.4 is 5.32 Å². The minimum atomic E-state index is 0.438. The van der Waals surface area contributed by atoms with Crippen LogP contribution in [0.15, 0.2) is 28.7 Å². The van der Waals surface area contributed by atoms with Crippen molar-refractivity contribution in [3.05, 3.63) is 34.3 Å². The van der Waals surface area contributed by atoms with Crippen molar-refractivity contribution in [2.24, 2.45) is 5.92 Å². The number of ether oxygens (including phenoxy) is 1. The molecule has 0 spiro atoms. The van der Waals surface area contributed by atoms with Crippen LogP contribution >= 0.6 is 15.9 Å². The summed E-state index contributed by atoms with van der Waals surface area (Å²) in [5.41, 5.74) is 1.48. The lowest BCUT2D eigenvalue weighted by Gasteiger charge is -2.37. The highest BCUT2D eigenvalue weighted by atomic mass is 79.9. The van der Waals surface area contributed by atoms with Gasteiger partial charge in [-0.15, -0.1) is 0 Å². The molecule has 3 heteroatoms. The summed E-state index contributed by atoms with van der Waals surface area (Å²) in [6.07, 6.45) is 4.21. The number of hydrogen-bond acceptors (Lipinski definition) is 2. The Morgan fingerprint density at radius 2 is 2.21 bits per heavy atom. The Morgan fingerprint density at radius 3 is 2.89 bits per heavy atom. The van der Waals surface area contributed by atoms with Crippen molar-refractivity contribution < 1.29 is 4.74 Å². The Kier molecular flexibility index (Phi) is 4.25. The molecule has 3 rings (SSSR count). The summed E-state index contributed by atoms with van der Waals surface area (Å²) >= 11 is 3.55. The number of hydrogen-bond donors (Lipinski definition) is 1. The first kappa shape index (κ1) is 13.6. The van der Waals surface area contributed by atoms with Gasteiger partial charge in [0.25, 0.3) is 0 Å². The van der Waals surface area contributed by atoms with Gasteiger partial charge in [0.15, 0.2) is 0 Å². The van der Waals surface area contributed by atoms with E-state index in [2.05, 4.69) is 52.4 Å². The maximum Gasteiger partial charge on any atom is 0.0588 e. The smallest absolute Gasteiger partial charge is 0.0588 e. The molecule has 1 heterocycles. The third-order valence-electron chi connectivity index (χ3n) is 4.66. The van der Waals surface area contributed by atoms with Crippen molar-refractivity contribution in [2.45, 2.75) is 44.2 Å². The van der Waals surface area contributed by atoms with Gasteiger partial charge in [-0.3, -0.25) is 0 Å². The zero-order chi connectivity index (χ0) is 13.2. The molecule has 2 aliphatic rings. The molecule has 1 aromatic carbocycles. The molecule has 0 aromatic heterocycles. The lowest BCUT2D eigenvalue weighted by molar-refractivity contribution is 0.103. The molecule has 1 aliphatic carbocycles. The van der Waals surface area contributed by atoms with Crippen LogP contribution in [0.4, 0.5) is 0 Å². The number of nitrogens with one attached hydrogen (secondary N) is 1. The van der Waals surface area contributed by atoms with Crippen LogP contribution in [-0.2, 0) is 4.74 Å². The van der Waals surface area contributed by atoms with E-state index in [0.717, 1.165) is 19.1 Å². The first-order valence-corrected chi connectivity index (χ1v) is 8.12. The van der Waals surface area contributed by atoms with E-state index in [9.17, 15) is 0 Å². The number of halogens is 1. The Morgan fingerprint density at radius 1 is 1.37 bits per heavy atom. The highest BCUT2D eigenvalue weighted by Crippen LogP contribution is 2.37. The Balaban J connectivity index is 1.43. The fraction of sp³-hybridized carbons (Fsp3) is 0.625. The predicted octanol–water partition coefficient (Wildman–Crippen LogP) is 3.71. The van der Waals surface area contributed by atoms with Crippen molar-refractivity contribution in [1.82, 2.24) is 5.32 Å². The van der Waals surface area contributed by atoms with Crippen molar-refractivity contribution >= 4 is 15.9 Å². The Hall–Kier alpha value is -0.380. The summed E-state index contributed by atoms with van der Waals surface area (Å²) in [4.78, 5) is 0. The Bertz CT molecular complexity index is 431.